The first-order chi connectivity index (χ1) is 10.4. The summed E-state index contributed by atoms with van der Waals surface area (Å²) in [5.41, 5.74) is 1.12. The third-order valence-corrected chi connectivity index (χ3v) is 3.93. The lowest BCUT2D eigenvalue weighted by atomic mass is 9.97. The van der Waals surface area contributed by atoms with E-state index in [0.29, 0.717) is 16.7 Å². The molecule has 5 N–H and O–H groups in total. The summed E-state index contributed by atoms with van der Waals surface area (Å²) in [6.07, 6.45) is -2.03. The van der Waals surface area contributed by atoms with Crippen LogP contribution in [-0.4, -0.2) is 64.7 Å². The third kappa shape index (κ3) is 1.96. The van der Waals surface area contributed by atoms with Crippen LogP contribution in [0.5, 0.6) is 0 Å². The number of rotatable bonds is 3. The summed E-state index contributed by atoms with van der Waals surface area (Å²) in [6, 6.07) is 0. The van der Waals surface area contributed by atoms with Gasteiger partial charge in [0.2, 0.25) is 0 Å². The highest BCUT2D eigenvalue weighted by Gasteiger charge is 2.53. The molecule has 0 amide bonds. The number of nitrogens with one attached hydrogen (secondary N) is 1. The Balaban J connectivity index is 2.15. The van der Waals surface area contributed by atoms with Crippen LogP contribution < -0.4 is 5.48 Å². The molecule has 22 heavy (non-hydrogen) atoms. The van der Waals surface area contributed by atoms with E-state index in [4.69, 9.17) is 9.94 Å². The van der Waals surface area contributed by atoms with Gasteiger partial charge in [0.25, 0.3) is 0 Å². The molecule has 0 aliphatic carbocycles. The molecule has 4 atom stereocenters. The minimum Gasteiger partial charge on any atom is -0.394 e. The van der Waals surface area contributed by atoms with E-state index >= 15 is 0 Å². The number of hydrogen-bond acceptors (Lipinski definition) is 9. The molecule has 0 saturated carbocycles. The molecule has 1 saturated heterocycles. The fourth-order valence-corrected chi connectivity index (χ4v) is 2.74. The van der Waals surface area contributed by atoms with E-state index in [-0.39, 0.29) is 5.82 Å². The van der Waals surface area contributed by atoms with Gasteiger partial charge >= 0.3 is 0 Å². The zero-order chi connectivity index (χ0) is 16.1. The SMILES string of the molecule is Cc1nn(C2OC(CO)C(O)C2(C)O)c2ncnc(NO)c12. The Labute approximate surface area is 125 Å². The average molecular weight is 311 g/mol. The van der Waals surface area contributed by atoms with Gasteiger partial charge in [0.1, 0.15) is 24.1 Å². The first kappa shape index (κ1) is 15.1. The fourth-order valence-electron chi connectivity index (χ4n) is 2.74. The number of ether oxygens (including phenoxy) is 1. The summed E-state index contributed by atoms with van der Waals surface area (Å²) >= 11 is 0. The van der Waals surface area contributed by atoms with Crippen molar-refractivity contribution < 1.29 is 25.3 Å². The monoisotopic (exact) mass is 311 g/mol. The minimum absolute atomic E-state index is 0.172. The Kier molecular flexibility index (Phi) is 3.50. The van der Waals surface area contributed by atoms with Gasteiger partial charge in [-0.2, -0.15) is 5.10 Å². The maximum Gasteiger partial charge on any atom is 0.183 e. The number of aromatic nitrogens is 4. The van der Waals surface area contributed by atoms with E-state index in [1.54, 1.807) is 6.92 Å². The summed E-state index contributed by atoms with van der Waals surface area (Å²) in [4.78, 5) is 7.99. The van der Waals surface area contributed by atoms with Crippen LogP contribution in [0.3, 0.4) is 0 Å². The highest BCUT2D eigenvalue weighted by atomic mass is 16.6. The average Bonchev–Trinajstić information content (AvgIpc) is 2.95. The van der Waals surface area contributed by atoms with Crippen LogP contribution in [0.15, 0.2) is 6.33 Å². The van der Waals surface area contributed by atoms with E-state index in [9.17, 15) is 15.3 Å². The first-order valence-corrected chi connectivity index (χ1v) is 6.68. The lowest BCUT2D eigenvalue weighted by Gasteiger charge is -2.26. The largest absolute Gasteiger partial charge is 0.394 e. The van der Waals surface area contributed by atoms with Crippen LogP contribution in [0.1, 0.15) is 18.8 Å². The highest BCUT2D eigenvalue weighted by Crippen LogP contribution is 2.39. The fraction of sp³-hybridized carbons (Fsp3) is 0.583. The van der Waals surface area contributed by atoms with Gasteiger partial charge in [0.05, 0.1) is 17.7 Å². The molecule has 0 aromatic carbocycles. The van der Waals surface area contributed by atoms with Gasteiger partial charge in [-0.3, -0.25) is 10.7 Å². The number of aliphatic hydroxyl groups excluding tert-OH is 2. The van der Waals surface area contributed by atoms with Gasteiger partial charge in [-0.05, 0) is 13.8 Å². The van der Waals surface area contributed by atoms with Gasteiger partial charge in [0, 0.05) is 0 Å². The molecule has 0 spiro atoms. The smallest absolute Gasteiger partial charge is 0.183 e. The molecule has 0 radical (unpaired) electrons. The number of nitrogens with zero attached hydrogens (tertiary/aromatic N) is 4. The summed E-state index contributed by atoms with van der Waals surface area (Å²) in [5, 5.41) is 43.7. The van der Waals surface area contributed by atoms with E-state index in [2.05, 4.69) is 15.1 Å². The zero-order valence-corrected chi connectivity index (χ0v) is 12.0. The van der Waals surface area contributed by atoms with Crippen molar-refractivity contribution in [2.24, 2.45) is 0 Å². The molecule has 4 unspecified atom stereocenters. The third-order valence-electron chi connectivity index (χ3n) is 3.93. The van der Waals surface area contributed by atoms with Crippen LogP contribution in [0.2, 0.25) is 0 Å². The van der Waals surface area contributed by atoms with Crippen molar-refractivity contribution in [1.29, 1.82) is 0 Å². The number of aliphatic hydroxyl groups is 3. The standard InChI is InChI=1S/C12H17N5O5/c1-5-7-9(16-21)13-4-14-10(7)17(15-5)11-12(2,20)8(19)6(3-18)22-11/h4,6,8,11,18-21H,3H2,1-2H3,(H,13,14,16). The van der Waals surface area contributed by atoms with Crippen molar-refractivity contribution >= 4 is 16.9 Å². The Morgan fingerprint density at radius 1 is 1.45 bits per heavy atom. The second-order valence-corrected chi connectivity index (χ2v) is 5.44. The molecule has 1 aliphatic heterocycles. The van der Waals surface area contributed by atoms with Gasteiger partial charge in [0.15, 0.2) is 17.7 Å². The molecular weight excluding hydrogens is 294 g/mol. The second kappa shape index (κ2) is 5.11. The van der Waals surface area contributed by atoms with Gasteiger partial charge in [-0.15, -0.1) is 0 Å². The summed E-state index contributed by atoms with van der Waals surface area (Å²) < 4.78 is 6.84. The van der Waals surface area contributed by atoms with Gasteiger partial charge < -0.3 is 20.1 Å². The van der Waals surface area contributed by atoms with Crippen molar-refractivity contribution in [1.82, 2.24) is 19.7 Å². The van der Waals surface area contributed by atoms with Crippen LogP contribution in [-0.2, 0) is 4.74 Å². The van der Waals surface area contributed by atoms with Crippen LogP contribution in [0, 0.1) is 6.92 Å². The van der Waals surface area contributed by atoms with Crippen LogP contribution in [0.4, 0.5) is 5.82 Å². The van der Waals surface area contributed by atoms with E-state index in [1.165, 1.54) is 17.9 Å². The lowest BCUT2D eigenvalue weighted by Crippen LogP contribution is -2.44. The summed E-state index contributed by atoms with van der Waals surface area (Å²) in [7, 11) is 0. The quantitative estimate of drug-likeness (QED) is 0.447. The number of aryl methyl sites for hydroxylation is 1. The zero-order valence-electron chi connectivity index (χ0n) is 12.0. The number of hydrogen-bond donors (Lipinski definition) is 5. The Morgan fingerprint density at radius 3 is 2.77 bits per heavy atom. The number of fused-ring (bicyclic) bond motifs is 1. The predicted molar refractivity (Wildman–Crippen MR) is 73.1 cm³/mol. The maximum absolute atomic E-state index is 10.5. The molecule has 3 rings (SSSR count). The normalized spacial score (nSPS) is 31.8. The Bertz CT molecular complexity index is 703. The molecular formula is C12H17N5O5. The molecule has 10 nitrogen and oxygen atoms in total. The molecule has 1 aliphatic rings. The lowest BCUT2D eigenvalue weighted by molar-refractivity contribution is -0.100. The Hall–Kier alpha value is -1.85. The molecule has 2 aromatic rings. The molecule has 120 valence electrons. The van der Waals surface area contributed by atoms with Crippen molar-refractivity contribution in [3.8, 4) is 0 Å². The van der Waals surface area contributed by atoms with Crippen molar-refractivity contribution in [3.63, 3.8) is 0 Å². The predicted octanol–water partition coefficient (Wildman–Crippen LogP) is -1.06. The van der Waals surface area contributed by atoms with E-state index in [1.807, 2.05) is 5.48 Å². The van der Waals surface area contributed by atoms with Crippen molar-refractivity contribution in [2.75, 3.05) is 12.1 Å². The van der Waals surface area contributed by atoms with Gasteiger partial charge in [-0.25, -0.2) is 14.6 Å². The van der Waals surface area contributed by atoms with E-state index in [0.717, 1.165) is 0 Å². The second-order valence-electron chi connectivity index (χ2n) is 5.44. The molecule has 0 bridgehead atoms. The molecule has 3 heterocycles. The molecule has 1 fully saturated rings. The van der Waals surface area contributed by atoms with Crippen molar-refractivity contribution in [3.05, 3.63) is 12.0 Å². The molecule has 10 heteroatoms. The summed E-state index contributed by atoms with van der Waals surface area (Å²) in [6.45, 7) is 2.64. The van der Waals surface area contributed by atoms with Crippen molar-refractivity contribution in [2.45, 2.75) is 37.9 Å². The van der Waals surface area contributed by atoms with Gasteiger partial charge in [-0.1, -0.05) is 0 Å². The topological polar surface area (TPSA) is 146 Å². The summed E-state index contributed by atoms with van der Waals surface area (Å²) in [5.74, 6) is 0.172. The maximum atomic E-state index is 10.5. The van der Waals surface area contributed by atoms with E-state index < -0.39 is 30.6 Å². The Morgan fingerprint density at radius 2 is 2.18 bits per heavy atom. The van der Waals surface area contributed by atoms with Crippen LogP contribution >= 0.6 is 0 Å². The first-order valence-electron chi connectivity index (χ1n) is 6.68. The van der Waals surface area contributed by atoms with Crippen LogP contribution in [0.25, 0.3) is 11.0 Å². The minimum atomic E-state index is -1.67. The highest BCUT2D eigenvalue weighted by molar-refractivity contribution is 5.88. The number of anilines is 1. The molecule has 2 aromatic heterocycles.